The lowest BCUT2D eigenvalue weighted by molar-refractivity contribution is -0.117. The molecular weight excluding hydrogens is 288 g/mol. The van der Waals surface area contributed by atoms with Gasteiger partial charge >= 0.3 is 12.1 Å². The van der Waals surface area contributed by atoms with Crippen LogP contribution in [0.2, 0.25) is 0 Å². The Kier molecular flexibility index (Phi) is 3.83. The number of carbonyl (C=O) groups excluding carboxylic acids is 2. The molecule has 1 atom stereocenters. The highest BCUT2D eigenvalue weighted by molar-refractivity contribution is 6.11. The molecule has 7 heteroatoms. The van der Waals surface area contributed by atoms with Crippen LogP contribution in [0.5, 0.6) is 0 Å². The SMILES string of the molecule is CC1C(=O)Nc2cc(C(=O)O)ccc2N1C(=O)OC(C)(C)C. The summed E-state index contributed by atoms with van der Waals surface area (Å²) in [5.74, 6) is -1.51. The molecular formula is C15H18N2O5. The monoisotopic (exact) mass is 306 g/mol. The van der Waals surface area contributed by atoms with Gasteiger partial charge in [-0.25, -0.2) is 9.59 Å². The van der Waals surface area contributed by atoms with Gasteiger partial charge in [-0.15, -0.1) is 0 Å². The number of nitrogens with one attached hydrogen (secondary N) is 1. The molecule has 2 amide bonds. The van der Waals surface area contributed by atoms with Crippen molar-refractivity contribution in [3.05, 3.63) is 23.8 Å². The molecule has 1 aliphatic heterocycles. The van der Waals surface area contributed by atoms with Crippen LogP contribution in [0, 0.1) is 0 Å². The van der Waals surface area contributed by atoms with E-state index in [1.54, 1.807) is 27.7 Å². The first-order valence-electron chi connectivity index (χ1n) is 6.80. The summed E-state index contributed by atoms with van der Waals surface area (Å²) in [6.45, 7) is 6.77. The molecule has 1 unspecified atom stereocenters. The number of rotatable bonds is 1. The zero-order valence-electron chi connectivity index (χ0n) is 12.8. The Morgan fingerprint density at radius 3 is 2.50 bits per heavy atom. The van der Waals surface area contributed by atoms with Crippen LogP contribution in [0.25, 0.3) is 0 Å². The maximum Gasteiger partial charge on any atom is 0.415 e. The van der Waals surface area contributed by atoms with Gasteiger partial charge in [-0.1, -0.05) is 0 Å². The van der Waals surface area contributed by atoms with E-state index in [0.717, 1.165) is 0 Å². The molecule has 0 saturated carbocycles. The van der Waals surface area contributed by atoms with Crippen molar-refractivity contribution in [3.63, 3.8) is 0 Å². The molecule has 7 nitrogen and oxygen atoms in total. The zero-order chi connectivity index (χ0) is 16.7. The number of benzene rings is 1. The maximum absolute atomic E-state index is 12.4. The molecule has 1 aromatic carbocycles. The number of carboxylic acids is 1. The van der Waals surface area contributed by atoms with E-state index in [4.69, 9.17) is 9.84 Å². The smallest absolute Gasteiger partial charge is 0.415 e. The second-order valence-corrected chi connectivity index (χ2v) is 6.05. The normalized spacial score (nSPS) is 17.5. The molecule has 0 bridgehead atoms. The minimum Gasteiger partial charge on any atom is -0.478 e. The standard InChI is InChI=1S/C15H18N2O5/c1-8-12(18)16-10-7-9(13(19)20)5-6-11(10)17(8)14(21)22-15(2,3)4/h5-8H,1-4H3,(H,16,18)(H,19,20). The summed E-state index contributed by atoms with van der Waals surface area (Å²) in [6, 6.07) is 3.43. The van der Waals surface area contributed by atoms with Crippen LogP contribution < -0.4 is 10.2 Å². The van der Waals surface area contributed by atoms with Crippen LogP contribution in [-0.2, 0) is 9.53 Å². The Morgan fingerprint density at radius 1 is 1.32 bits per heavy atom. The molecule has 0 aromatic heterocycles. The van der Waals surface area contributed by atoms with E-state index in [2.05, 4.69) is 5.32 Å². The molecule has 0 radical (unpaired) electrons. The second kappa shape index (κ2) is 5.32. The summed E-state index contributed by atoms with van der Waals surface area (Å²) >= 11 is 0. The van der Waals surface area contributed by atoms with Gasteiger partial charge in [0, 0.05) is 0 Å². The van der Waals surface area contributed by atoms with Gasteiger partial charge < -0.3 is 15.2 Å². The second-order valence-electron chi connectivity index (χ2n) is 6.05. The molecule has 1 aliphatic rings. The molecule has 2 rings (SSSR count). The van der Waals surface area contributed by atoms with Crippen LogP contribution in [-0.4, -0.2) is 34.7 Å². The first-order valence-corrected chi connectivity index (χ1v) is 6.80. The summed E-state index contributed by atoms with van der Waals surface area (Å²) in [4.78, 5) is 36.6. The van der Waals surface area contributed by atoms with E-state index in [1.165, 1.54) is 23.1 Å². The minimum absolute atomic E-state index is 0.0257. The first-order chi connectivity index (χ1) is 10.1. The van der Waals surface area contributed by atoms with Crippen molar-refractivity contribution in [1.29, 1.82) is 0 Å². The van der Waals surface area contributed by atoms with Gasteiger partial charge in [0.1, 0.15) is 11.6 Å². The van der Waals surface area contributed by atoms with E-state index in [0.29, 0.717) is 5.69 Å². The molecule has 2 N–H and O–H groups in total. The summed E-state index contributed by atoms with van der Waals surface area (Å²) in [7, 11) is 0. The predicted molar refractivity (Wildman–Crippen MR) is 80.2 cm³/mol. The Labute approximate surface area is 127 Å². The van der Waals surface area contributed by atoms with Gasteiger partial charge in [0.2, 0.25) is 5.91 Å². The average Bonchev–Trinajstić information content (AvgIpc) is 2.37. The van der Waals surface area contributed by atoms with E-state index in [-0.39, 0.29) is 11.3 Å². The number of aromatic carboxylic acids is 1. The van der Waals surface area contributed by atoms with E-state index in [9.17, 15) is 14.4 Å². The predicted octanol–water partition coefficient (Wildman–Crippen LogP) is 2.47. The Balaban J connectivity index is 2.45. The van der Waals surface area contributed by atoms with Crippen molar-refractivity contribution in [3.8, 4) is 0 Å². The lowest BCUT2D eigenvalue weighted by atomic mass is 10.1. The van der Waals surface area contributed by atoms with Gasteiger partial charge in [0.15, 0.2) is 0 Å². The summed E-state index contributed by atoms with van der Waals surface area (Å²) in [6.07, 6.45) is -0.654. The molecule has 1 aromatic rings. The third-order valence-corrected chi connectivity index (χ3v) is 3.12. The Hall–Kier alpha value is -2.57. The van der Waals surface area contributed by atoms with Crippen molar-refractivity contribution in [2.45, 2.75) is 39.3 Å². The van der Waals surface area contributed by atoms with Gasteiger partial charge in [0.05, 0.1) is 16.9 Å². The maximum atomic E-state index is 12.4. The van der Waals surface area contributed by atoms with E-state index < -0.39 is 29.6 Å². The lowest BCUT2D eigenvalue weighted by Gasteiger charge is -2.35. The molecule has 0 spiro atoms. The lowest BCUT2D eigenvalue weighted by Crippen LogP contribution is -2.51. The number of carboxylic acid groups (broad SMARTS) is 1. The third kappa shape index (κ3) is 3.03. The number of hydrogen-bond acceptors (Lipinski definition) is 4. The highest BCUT2D eigenvalue weighted by Crippen LogP contribution is 2.34. The number of fused-ring (bicyclic) bond motifs is 1. The van der Waals surface area contributed by atoms with E-state index >= 15 is 0 Å². The highest BCUT2D eigenvalue weighted by atomic mass is 16.6. The largest absolute Gasteiger partial charge is 0.478 e. The third-order valence-electron chi connectivity index (χ3n) is 3.12. The summed E-state index contributed by atoms with van der Waals surface area (Å²) < 4.78 is 5.32. The molecule has 1 heterocycles. The molecule has 118 valence electrons. The molecule has 22 heavy (non-hydrogen) atoms. The number of ether oxygens (including phenoxy) is 1. The Bertz CT molecular complexity index is 648. The fourth-order valence-corrected chi connectivity index (χ4v) is 2.11. The van der Waals surface area contributed by atoms with Gasteiger partial charge in [-0.05, 0) is 45.9 Å². The van der Waals surface area contributed by atoms with Gasteiger partial charge in [-0.2, -0.15) is 0 Å². The fourth-order valence-electron chi connectivity index (χ4n) is 2.11. The van der Waals surface area contributed by atoms with Gasteiger partial charge in [-0.3, -0.25) is 9.69 Å². The summed E-state index contributed by atoms with van der Waals surface area (Å²) in [5.41, 5.74) is 0.00395. The first kappa shape index (κ1) is 15.8. The van der Waals surface area contributed by atoms with Gasteiger partial charge in [0.25, 0.3) is 0 Å². The Morgan fingerprint density at radius 2 is 1.95 bits per heavy atom. The number of nitrogens with zero attached hydrogens (tertiary/aromatic N) is 1. The minimum atomic E-state index is -1.11. The van der Waals surface area contributed by atoms with Crippen LogP contribution in [0.1, 0.15) is 38.1 Å². The number of anilines is 2. The molecule has 0 fully saturated rings. The zero-order valence-corrected chi connectivity index (χ0v) is 12.8. The molecule has 0 saturated heterocycles. The summed E-state index contributed by atoms with van der Waals surface area (Å²) in [5, 5.41) is 11.6. The number of hydrogen-bond donors (Lipinski definition) is 2. The molecule has 0 aliphatic carbocycles. The fraction of sp³-hybridized carbons (Fsp3) is 0.400. The van der Waals surface area contributed by atoms with Crippen molar-refractivity contribution in [2.75, 3.05) is 10.2 Å². The van der Waals surface area contributed by atoms with Crippen molar-refractivity contribution < 1.29 is 24.2 Å². The number of amides is 2. The van der Waals surface area contributed by atoms with E-state index in [1.807, 2.05) is 0 Å². The van der Waals surface area contributed by atoms with Crippen molar-refractivity contribution in [2.24, 2.45) is 0 Å². The van der Waals surface area contributed by atoms with Crippen LogP contribution in [0.4, 0.5) is 16.2 Å². The van der Waals surface area contributed by atoms with Crippen molar-refractivity contribution in [1.82, 2.24) is 0 Å². The van der Waals surface area contributed by atoms with Crippen LogP contribution >= 0.6 is 0 Å². The quantitative estimate of drug-likeness (QED) is 0.831. The van der Waals surface area contributed by atoms with Crippen LogP contribution in [0.3, 0.4) is 0 Å². The van der Waals surface area contributed by atoms with Crippen molar-refractivity contribution >= 4 is 29.3 Å². The number of carbonyl (C=O) groups is 3. The van der Waals surface area contributed by atoms with Crippen LogP contribution in [0.15, 0.2) is 18.2 Å². The average molecular weight is 306 g/mol. The topological polar surface area (TPSA) is 95.9 Å². The highest BCUT2D eigenvalue weighted by Gasteiger charge is 2.36.